The molecule has 2 saturated heterocycles. The topological polar surface area (TPSA) is 55.9 Å². The van der Waals surface area contributed by atoms with Crippen molar-refractivity contribution in [3.63, 3.8) is 0 Å². The molecule has 3 rings (SSSR count). The predicted octanol–water partition coefficient (Wildman–Crippen LogP) is 1.38. The number of hydrogen-bond donors (Lipinski definition) is 1. The highest BCUT2D eigenvalue weighted by atomic mass is 16.2. The van der Waals surface area contributed by atoms with Crippen LogP contribution in [0.25, 0.3) is 0 Å². The molecule has 0 radical (unpaired) electrons. The van der Waals surface area contributed by atoms with Gasteiger partial charge in [-0.2, -0.15) is 0 Å². The molecule has 6 heteroatoms. The lowest BCUT2D eigenvalue weighted by molar-refractivity contribution is 0.0664. The van der Waals surface area contributed by atoms with Crippen LogP contribution in [0.1, 0.15) is 28.8 Å². The standard InChI is InChI=1S/C18H26N4O2/c1-20-10-12-21(13-11-20)17(23)16-6-4-15(5-7-16)14-19-18(24)22-8-2-3-9-22/h4-7H,2-3,8-14H2,1H3,(H,19,24). The van der Waals surface area contributed by atoms with Crippen LogP contribution >= 0.6 is 0 Å². The van der Waals surface area contributed by atoms with Crippen molar-refractivity contribution in [2.45, 2.75) is 19.4 Å². The van der Waals surface area contributed by atoms with Gasteiger partial charge in [-0.1, -0.05) is 12.1 Å². The molecule has 0 spiro atoms. The number of nitrogens with zero attached hydrogens (tertiary/aromatic N) is 3. The normalized spacial score (nSPS) is 18.7. The summed E-state index contributed by atoms with van der Waals surface area (Å²) in [6.45, 7) is 5.61. The van der Waals surface area contributed by atoms with Gasteiger partial charge in [0, 0.05) is 51.4 Å². The number of carbonyl (C=O) groups excluding carboxylic acids is 2. The van der Waals surface area contributed by atoms with E-state index in [1.807, 2.05) is 34.1 Å². The minimum absolute atomic E-state index is 0.00471. The maximum absolute atomic E-state index is 12.5. The van der Waals surface area contributed by atoms with E-state index in [1.54, 1.807) is 0 Å². The molecule has 6 nitrogen and oxygen atoms in total. The van der Waals surface area contributed by atoms with Crippen molar-refractivity contribution in [3.05, 3.63) is 35.4 Å². The molecule has 0 bridgehead atoms. The average Bonchev–Trinajstić information content (AvgIpc) is 3.15. The molecule has 130 valence electrons. The SMILES string of the molecule is CN1CCN(C(=O)c2ccc(CNC(=O)N3CCCC3)cc2)CC1. The van der Waals surface area contributed by atoms with E-state index in [2.05, 4.69) is 17.3 Å². The molecule has 0 atom stereocenters. The number of nitrogens with one attached hydrogen (secondary N) is 1. The van der Waals surface area contributed by atoms with Crippen LogP contribution in [-0.4, -0.2) is 73.0 Å². The van der Waals surface area contributed by atoms with E-state index in [0.717, 1.165) is 57.7 Å². The maximum Gasteiger partial charge on any atom is 0.317 e. The molecule has 2 aliphatic heterocycles. The first-order chi connectivity index (χ1) is 11.6. The monoisotopic (exact) mass is 330 g/mol. The number of likely N-dealkylation sites (tertiary alicyclic amines) is 1. The van der Waals surface area contributed by atoms with Gasteiger partial charge in [-0.25, -0.2) is 4.79 Å². The Morgan fingerprint density at radius 1 is 0.917 bits per heavy atom. The minimum atomic E-state index is 0.00471. The molecule has 0 saturated carbocycles. The number of carbonyl (C=O) groups is 2. The van der Waals surface area contributed by atoms with Gasteiger partial charge >= 0.3 is 6.03 Å². The Balaban J connectivity index is 1.51. The molecular weight excluding hydrogens is 304 g/mol. The van der Waals surface area contributed by atoms with E-state index in [9.17, 15) is 9.59 Å². The van der Waals surface area contributed by atoms with Crippen molar-refractivity contribution in [3.8, 4) is 0 Å². The van der Waals surface area contributed by atoms with E-state index in [1.165, 1.54) is 0 Å². The lowest BCUT2D eigenvalue weighted by atomic mass is 10.1. The summed E-state index contributed by atoms with van der Waals surface area (Å²) in [5.41, 5.74) is 1.73. The summed E-state index contributed by atoms with van der Waals surface area (Å²) in [5, 5.41) is 2.94. The van der Waals surface area contributed by atoms with Crippen LogP contribution in [0.2, 0.25) is 0 Å². The van der Waals surface area contributed by atoms with Crippen LogP contribution in [0.3, 0.4) is 0 Å². The molecule has 0 unspecified atom stereocenters. The fraction of sp³-hybridized carbons (Fsp3) is 0.556. The Bertz CT molecular complexity index is 573. The summed E-state index contributed by atoms with van der Waals surface area (Å²) in [5.74, 6) is 0.0933. The first kappa shape index (κ1) is 16.8. The number of likely N-dealkylation sites (N-methyl/N-ethyl adjacent to an activating group) is 1. The van der Waals surface area contributed by atoms with Crippen molar-refractivity contribution < 1.29 is 9.59 Å². The van der Waals surface area contributed by atoms with Gasteiger partial charge in [0.15, 0.2) is 0 Å². The summed E-state index contributed by atoms with van der Waals surface area (Å²) in [6.07, 6.45) is 2.19. The largest absolute Gasteiger partial charge is 0.336 e. The first-order valence-electron chi connectivity index (χ1n) is 8.73. The highest BCUT2D eigenvalue weighted by Crippen LogP contribution is 2.11. The van der Waals surface area contributed by atoms with E-state index < -0.39 is 0 Å². The van der Waals surface area contributed by atoms with Gasteiger partial charge in [0.1, 0.15) is 0 Å². The number of benzene rings is 1. The molecule has 1 aromatic carbocycles. The van der Waals surface area contributed by atoms with Crippen molar-refractivity contribution in [2.75, 3.05) is 46.3 Å². The summed E-state index contributed by atoms with van der Waals surface area (Å²) >= 11 is 0. The lowest BCUT2D eigenvalue weighted by Crippen LogP contribution is -2.47. The molecule has 0 aromatic heterocycles. The van der Waals surface area contributed by atoms with Crippen LogP contribution in [0.5, 0.6) is 0 Å². The third-order valence-electron chi connectivity index (χ3n) is 4.83. The van der Waals surface area contributed by atoms with E-state index in [-0.39, 0.29) is 11.9 Å². The van der Waals surface area contributed by atoms with Crippen molar-refractivity contribution in [2.24, 2.45) is 0 Å². The van der Waals surface area contributed by atoms with Gasteiger partial charge in [-0.3, -0.25) is 4.79 Å². The summed E-state index contributed by atoms with van der Waals surface area (Å²) < 4.78 is 0. The molecular formula is C18H26N4O2. The Morgan fingerprint density at radius 3 is 2.17 bits per heavy atom. The minimum Gasteiger partial charge on any atom is -0.336 e. The molecule has 2 fully saturated rings. The second-order valence-corrected chi connectivity index (χ2v) is 6.65. The second-order valence-electron chi connectivity index (χ2n) is 6.65. The van der Waals surface area contributed by atoms with E-state index >= 15 is 0 Å². The molecule has 1 N–H and O–H groups in total. The second kappa shape index (κ2) is 7.66. The van der Waals surface area contributed by atoms with Crippen LogP contribution < -0.4 is 5.32 Å². The van der Waals surface area contributed by atoms with Crippen LogP contribution in [0.15, 0.2) is 24.3 Å². The highest BCUT2D eigenvalue weighted by molar-refractivity contribution is 5.94. The lowest BCUT2D eigenvalue weighted by Gasteiger charge is -2.32. The Labute approximate surface area is 143 Å². The molecule has 24 heavy (non-hydrogen) atoms. The van der Waals surface area contributed by atoms with Crippen molar-refractivity contribution in [1.82, 2.24) is 20.0 Å². The molecule has 1 aromatic rings. The number of urea groups is 1. The van der Waals surface area contributed by atoms with Gasteiger partial charge in [0.25, 0.3) is 5.91 Å². The number of amides is 3. The zero-order chi connectivity index (χ0) is 16.9. The average molecular weight is 330 g/mol. The smallest absolute Gasteiger partial charge is 0.317 e. The van der Waals surface area contributed by atoms with Crippen molar-refractivity contribution in [1.29, 1.82) is 0 Å². The number of rotatable bonds is 3. The Hall–Kier alpha value is -2.08. The molecule has 2 aliphatic rings. The van der Waals surface area contributed by atoms with Gasteiger partial charge in [-0.15, -0.1) is 0 Å². The third-order valence-corrected chi connectivity index (χ3v) is 4.83. The zero-order valence-electron chi connectivity index (χ0n) is 14.3. The van der Waals surface area contributed by atoms with E-state index in [0.29, 0.717) is 12.1 Å². The van der Waals surface area contributed by atoms with Crippen molar-refractivity contribution >= 4 is 11.9 Å². The van der Waals surface area contributed by atoms with Crippen LogP contribution in [-0.2, 0) is 6.54 Å². The van der Waals surface area contributed by atoms with E-state index in [4.69, 9.17) is 0 Å². The van der Waals surface area contributed by atoms with Gasteiger partial charge in [0.2, 0.25) is 0 Å². The third kappa shape index (κ3) is 4.06. The van der Waals surface area contributed by atoms with Gasteiger partial charge in [-0.05, 0) is 37.6 Å². The summed E-state index contributed by atoms with van der Waals surface area (Å²) in [7, 11) is 2.08. The Morgan fingerprint density at radius 2 is 1.54 bits per heavy atom. The first-order valence-corrected chi connectivity index (χ1v) is 8.73. The fourth-order valence-electron chi connectivity index (χ4n) is 3.17. The number of hydrogen-bond acceptors (Lipinski definition) is 3. The zero-order valence-corrected chi connectivity index (χ0v) is 14.3. The summed E-state index contributed by atoms with van der Waals surface area (Å²) in [4.78, 5) is 30.5. The van der Waals surface area contributed by atoms with Gasteiger partial charge < -0.3 is 20.0 Å². The highest BCUT2D eigenvalue weighted by Gasteiger charge is 2.20. The summed E-state index contributed by atoms with van der Waals surface area (Å²) in [6, 6.07) is 7.57. The molecule has 0 aliphatic carbocycles. The predicted molar refractivity (Wildman–Crippen MR) is 92.9 cm³/mol. The number of piperazine rings is 1. The van der Waals surface area contributed by atoms with Crippen LogP contribution in [0, 0.1) is 0 Å². The molecule has 2 heterocycles. The van der Waals surface area contributed by atoms with Crippen LogP contribution in [0.4, 0.5) is 4.79 Å². The van der Waals surface area contributed by atoms with Gasteiger partial charge in [0.05, 0.1) is 0 Å². The molecule has 3 amide bonds. The fourth-order valence-corrected chi connectivity index (χ4v) is 3.17. The Kier molecular flexibility index (Phi) is 5.35. The maximum atomic E-state index is 12.5. The quantitative estimate of drug-likeness (QED) is 0.911.